The first kappa shape index (κ1) is 19.6. The Labute approximate surface area is 154 Å². The van der Waals surface area contributed by atoms with Crippen LogP contribution in [0.25, 0.3) is 16.4 Å². The van der Waals surface area contributed by atoms with E-state index in [0.717, 1.165) is 0 Å². The fourth-order valence-corrected chi connectivity index (χ4v) is 2.38. The third kappa shape index (κ3) is 4.45. The van der Waals surface area contributed by atoms with E-state index in [1.54, 1.807) is 12.1 Å². The SMILES string of the molecule is COc1ccc2c(OC(=O)OCC(C)C)cc(C(=O)CN=[N-])nc2c1Cl. The van der Waals surface area contributed by atoms with Crippen LogP contribution in [0.5, 0.6) is 11.5 Å². The van der Waals surface area contributed by atoms with Crippen molar-refractivity contribution in [3.8, 4) is 11.5 Å². The lowest BCUT2D eigenvalue weighted by molar-refractivity contribution is 0.0886. The Morgan fingerprint density at radius 2 is 2.04 bits per heavy atom. The molecule has 1 aromatic carbocycles. The number of benzene rings is 1. The number of methoxy groups -OCH3 is 1. The summed E-state index contributed by atoms with van der Waals surface area (Å²) >= 11 is 6.26. The van der Waals surface area contributed by atoms with Crippen molar-refractivity contribution in [2.45, 2.75) is 13.8 Å². The second-order valence-electron chi connectivity index (χ2n) is 5.76. The molecule has 0 N–H and O–H groups in total. The van der Waals surface area contributed by atoms with Crippen molar-refractivity contribution in [1.29, 1.82) is 0 Å². The first-order valence-electron chi connectivity index (χ1n) is 7.73. The Bertz CT molecular complexity index is 854. The number of Topliss-reactive ketones (excluding diaryl/α,β-unsaturated/α-hetero) is 1. The molecule has 2 rings (SSSR count). The normalized spacial score (nSPS) is 10.7. The fraction of sp³-hybridized carbons (Fsp3) is 0.353. The molecule has 0 aliphatic rings. The second kappa shape index (κ2) is 8.57. The highest BCUT2D eigenvalue weighted by molar-refractivity contribution is 6.36. The molecule has 0 aliphatic carbocycles. The van der Waals surface area contributed by atoms with E-state index in [2.05, 4.69) is 10.1 Å². The van der Waals surface area contributed by atoms with Crippen molar-refractivity contribution in [3.63, 3.8) is 0 Å². The summed E-state index contributed by atoms with van der Waals surface area (Å²) in [5.74, 6) is -0.0431. The Hall–Kier alpha value is -2.74. The Morgan fingerprint density at radius 3 is 2.65 bits per heavy atom. The topological polar surface area (TPSA) is 109 Å². The number of aromatic nitrogens is 1. The van der Waals surface area contributed by atoms with Crippen LogP contribution in [0.15, 0.2) is 23.3 Å². The first-order valence-corrected chi connectivity index (χ1v) is 8.11. The zero-order chi connectivity index (χ0) is 19.3. The number of halogens is 1. The molecule has 0 amide bonds. The fourth-order valence-electron chi connectivity index (χ4n) is 2.09. The van der Waals surface area contributed by atoms with Crippen molar-refractivity contribution in [2.75, 3.05) is 20.3 Å². The van der Waals surface area contributed by atoms with Gasteiger partial charge in [-0.15, -0.1) is 0 Å². The van der Waals surface area contributed by atoms with Crippen molar-refractivity contribution in [2.24, 2.45) is 11.0 Å². The van der Waals surface area contributed by atoms with Gasteiger partial charge in [0, 0.05) is 11.5 Å². The average Bonchev–Trinajstić information content (AvgIpc) is 2.60. The van der Waals surface area contributed by atoms with Gasteiger partial charge in [-0.2, -0.15) is 0 Å². The molecule has 0 saturated carbocycles. The summed E-state index contributed by atoms with van der Waals surface area (Å²) in [4.78, 5) is 28.1. The molecule has 0 radical (unpaired) electrons. The molecule has 138 valence electrons. The van der Waals surface area contributed by atoms with Crippen LogP contribution in [-0.4, -0.2) is 37.2 Å². The number of rotatable bonds is 7. The predicted molar refractivity (Wildman–Crippen MR) is 95.1 cm³/mol. The van der Waals surface area contributed by atoms with Crippen molar-refractivity contribution >= 4 is 34.4 Å². The zero-order valence-electron chi connectivity index (χ0n) is 14.5. The van der Waals surface area contributed by atoms with Crippen LogP contribution in [0.3, 0.4) is 0 Å². The van der Waals surface area contributed by atoms with Gasteiger partial charge in [-0.25, -0.2) is 9.78 Å². The van der Waals surface area contributed by atoms with Gasteiger partial charge in [0.15, 0.2) is 0 Å². The number of ketones is 1. The number of nitrogens with zero attached hydrogens (tertiary/aromatic N) is 3. The number of fused-ring (bicyclic) bond motifs is 1. The molecule has 8 nitrogen and oxygen atoms in total. The molecule has 0 fully saturated rings. The molecule has 1 aromatic heterocycles. The van der Waals surface area contributed by atoms with Gasteiger partial charge in [-0.05, 0) is 18.1 Å². The van der Waals surface area contributed by atoms with E-state index in [1.807, 2.05) is 13.8 Å². The summed E-state index contributed by atoms with van der Waals surface area (Å²) in [7, 11) is 1.44. The number of ether oxygens (including phenoxy) is 3. The average molecular weight is 379 g/mol. The van der Waals surface area contributed by atoms with Gasteiger partial charge in [0.25, 0.3) is 0 Å². The first-order chi connectivity index (χ1) is 12.4. The largest absolute Gasteiger partial charge is 0.712 e. The molecule has 0 saturated heterocycles. The number of carbonyl (C=O) groups is 2. The minimum absolute atomic E-state index is 0.0506. The summed E-state index contributed by atoms with van der Waals surface area (Å²) in [6.45, 7) is 3.47. The molecule has 0 atom stereocenters. The number of hydrogen-bond acceptors (Lipinski definition) is 7. The molecule has 26 heavy (non-hydrogen) atoms. The van der Waals surface area contributed by atoms with Gasteiger partial charge < -0.3 is 24.9 Å². The van der Waals surface area contributed by atoms with Gasteiger partial charge in [0.2, 0.25) is 5.78 Å². The van der Waals surface area contributed by atoms with Crippen molar-refractivity contribution in [1.82, 2.24) is 4.98 Å². The minimum atomic E-state index is -0.914. The van der Waals surface area contributed by atoms with E-state index in [0.29, 0.717) is 11.1 Å². The van der Waals surface area contributed by atoms with Crippen molar-refractivity contribution in [3.05, 3.63) is 34.4 Å². The quantitative estimate of drug-likeness (QED) is 0.404. The maximum absolute atomic E-state index is 12.0. The number of carbonyl (C=O) groups excluding carboxylic acids is 2. The molecule has 1 heterocycles. The van der Waals surface area contributed by atoms with Crippen LogP contribution in [0.1, 0.15) is 24.3 Å². The maximum atomic E-state index is 12.0. The van der Waals surface area contributed by atoms with Crippen LogP contribution in [-0.2, 0) is 4.74 Å². The lowest BCUT2D eigenvalue weighted by Gasteiger charge is -2.13. The highest BCUT2D eigenvalue weighted by atomic mass is 35.5. The molecule has 0 unspecified atom stereocenters. The van der Waals surface area contributed by atoms with E-state index in [-0.39, 0.29) is 34.5 Å². The van der Waals surface area contributed by atoms with Gasteiger partial charge in [0.05, 0.1) is 25.8 Å². The molecular weight excluding hydrogens is 362 g/mol. The summed E-state index contributed by atoms with van der Waals surface area (Å²) < 4.78 is 15.4. The van der Waals surface area contributed by atoms with Gasteiger partial charge in [0.1, 0.15) is 22.2 Å². The highest BCUT2D eigenvalue weighted by Crippen LogP contribution is 2.36. The molecular formula is C17H17ClN3O5-. The van der Waals surface area contributed by atoms with Gasteiger partial charge in [-0.1, -0.05) is 25.4 Å². The summed E-state index contributed by atoms with van der Waals surface area (Å²) in [6.07, 6.45) is -0.914. The Balaban J connectivity index is 2.51. The molecule has 0 aliphatic heterocycles. The van der Waals surface area contributed by atoms with Gasteiger partial charge in [-0.3, -0.25) is 4.79 Å². The lowest BCUT2D eigenvalue weighted by Crippen LogP contribution is -2.15. The van der Waals surface area contributed by atoms with E-state index >= 15 is 0 Å². The Kier molecular flexibility index (Phi) is 6.46. The monoisotopic (exact) mass is 378 g/mol. The Morgan fingerprint density at radius 1 is 1.31 bits per heavy atom. The summed E-state index contributed by atoms with van der Waals surface area (Å²) in [5.41, 5.74) is 8.75. The van der Waals surface area contributed by atoms with Crippen LogP contribution < -0.4 is 9.47 Å². The zero-order valence-corrected chi connectivity index (χ0v) is 15.2. The number of pyridine rings is 1. The predicted octanol–water partition coefficient (Wildman–Crippen LogP) is 4.27. The smallest absolute Gasteiger partial charge is 0.513 e. The highest BCUT2D eigenvalue weighted by Gasteiger charge is 2.19. The molecule has 9 heteroatoms. The van der Waals surface area contributed by atoms with Crippen LogP contribution in [0.2, 0.25) is 5.02 Å². The van der Waals surface area contributed by atoms with Crippen LogP contribution in [0.4, 0.5) is 4.79 Å². The van der Waals surface area contributed by atoms with Crippen LogP contribution in [0, 0.1) is 5.92 Å². The molecule has 0 spiro atoms. The summed E-state index contributed by atoms with van der Waals surface area (Å²) in [5, 5.41) is 3.36. The third-order valence-corrected chi connectivity index (χ3v) is 3.66. The second-order valence-corrected chi connectivity index (χ2v) is 6.14. The van der Waals surface area contributed by atoms with E-state index in [9.17, 15) is 9.59 Å². The van der Waals surface area contributed by atoms with Gasteiger partial charge >= 0.3 is 6.16 Å². The van der Waals surface area contributed by atoms with E-state index < -0.39 is 18.5 Å². The minimum Gasteiger partial charge on any atom is -0.712 e. The maximum Gasteiger partial charge on any atom is 0.513 e. The van der Waals surface area contributed by atoms with Crippen LogP contribution >= 0.6 is 11.6 Å². The van der Waals surface area contributed by atoms with E-state index in [4.69, 9.17) is 31.3 Å². The van der Waals surface area contributed by atoms with Crippen molar-refractivity contribution < 1.29 is 23.8 Å². The van der Waals surface area contributed by atoms with E-state index in [1.165, 1.54) is 13.2 Å². The molecule has 2 aromatic rings. The standard InChI is InChI=1S/C17H17ClN3O5/c1-9(2)8-25-17(23)26-14-6-11(12(22)7-20-19)21-16-10(14)4-5-13(24-3)15(16)18/h4-6,9H,7-8H2,1-3H3/q-1. The lowest BCUT2D eigenvalue weighted by atomic mass is 10.1. The third-order valence-electron chi connectivity index (χ3n) is 3.29. The molecule has 0 bridgehead atoms. The summed E-state index contributed by atoms with van der Waals surface area (Å²) in [6, 6.07) is 4.46. The number of hydrogen-bond donors (Lipinski definition) is 0.